The average molecular weight is 585 g/mol. The van der Waals surface area contributed by atoms with Crippen molar-refractivity contribution in [3.63, 3.8) is 0 Å². The van der Waals surface area contributed by atoms with E-state index in [0.29, 0.717) is 23.3 Å². The maximum atomic E-state index is 6.72. The molecule has 0 amide bonds. The van der Waals surface area contributed by atoms with Crippen molar-refractivity contribution in [1.29, 1.82) is 0 Å². The van der Waals surface area contributed by atoms with E-state index in [1.807, 2.05) is 12.3 Å². The van der Waals surface area contributed by atoms with Crippen molar-refractivity contribution < 1.29 is 14.2 Å². The smallest absolute Gasteiger partial charge is 0.318 e. The second-order valence-electron chi connectivity index (χ2n) is 10.5. The van der Waals surface area contributed by atoms with Gasteiger partial charge in [0.25, 0.3) is 0 Å². The van der Waals surface area contributed by atoms with Crippen molar-refractivity contribution in [2.45, 2.75) is 60.8 Å². The molecule has 0 unspecified atom stereocenters. The van der Waals surface area contributed by atoms with Crippen LogP contribution in [0, 0.1) is 5.41 Å². The number of hydrogen-bond donors (Lipinski definition) is 2. The fourth-order valence-electron chi connectivity index (χ4n) is 5.43. The van der Waals surface area contributed by atoms with Gasteiger partial charge >= 0.3 is 6.01 Å². The van der Waals surface area contributed by atoms with E-state index >= 15 is 0 Å². The molecule has 3 fully saturated rings. The van der Waals surface area contributed by atoms with E-state index in [1.54, 1.807) is 24.7 Å². The highest BCUT2D eigenvalue weighted by Gasteiger charge is 2.47. The molecule has 0 saturated carbocycles. The molecule has 13 heteroatoms. The van der Waals surface area contributed by atoms with Gasteiger partial charge in [0.15, 0.2) is 5.82 Å². The van der Waals surface area contributed by atoms with Crippen LogP contribution < -0.4 is 20.7 Å². The van der Waals surface area contributed by atoms with E-state index in [0.717, 1.165) is 67.7 Å². The average Bonchev–Trinajstić information content (AvgIpc) is 3.60. The number of ether oxygens (including phenoxy) is 3. The molecule has 40 heavy (non-hydrogen) atoms. The largest absolute Gasteiger partial charge is 0.461 e. The molecule has 11 nitrogen and oxygen atoms in total. The van der Waals surface area contributed by atoms with Crippen LogP contribution in [0.4, 0.5) is 17.5 Å². The fraction of sp³-hybridized carbons (Fsp3) is 0.519. The summed E-state index contributed by atoms with van der Waals surface area (Å²) in [5, 5.41) is 4.37. The molecule has 3 aromatic heterocycles. The van der Waals surface area contributed by atoms with Crippen LogP contribution in [-0.4, -0.2) is 76.1 Å². The number of nitrogens with zero attached hydrogens (tertiary/aromatic N) is 6. The number of rotatable bonds is 8. The molecule has 3 aromatic rings. The lowest BCUT2D eigenvalue weighted by Crippen LogP contribution is -2.50. The van der Waals surface area contributed by atoms with Gasteiger partial charge in [0, 0.05) is 48.4 Å². The standard InChI is InChI=1S/C27H33ClN8O3S/c1-17-24(29)27(16-39-17)6-10-36(11-7-27)21-13-33-22(14-32-21)40-19-4-8-30-25(23(19)28)34-20-5-9-31-26(35-20)38-15-18-3-2-12-37-18/h4-5,8-9,13-14,17-18,24H,2-3,6-7,10-12,15-16,29H2,1H3,(H,30,31,34,35)/t17-,18+,24+/m0/s1. The van der Waals surface area contributed by atoms with Gasteiger partial charge in [0.1, 0.15) is 23.3 Å². The molecule has 1 spiro atoms. The van der Waals surface area contributed by atoms with Crippen LogP contribution in [0.2, 0.25) is 5.02 Å². The van der Waals surface area contributed by atoms with Crippen LogP contribution in [0.3, 0.4) is 0 Å². The summed E-state index contributed by atoms with van der Waals surface area (Å²) in [7, 11) is 0. The first kappa shape index (κ1) is 27.4. The fourth-order valence-corrected chi connectivity index (χ4v) is 6.45. The summed E-state index contributed by atoms with van der Waals surface area (Å²) in [6.07, 6.45) is 11.1. The summed E-state index contributed by atoms with van der Waals surface area (Å²) >= 11 is 8.14. The Bertz CT molecular complexity index is 1310. The number of piperidine rings is 1. The number of pyridine rings is 1. The Morgan fingerprint density at radius 1 is 1.15 bits per heavy atom. The highest BCUT2D eigenvalue weighted by Crippen LogP contribution is 2.42. The van der Waals surface area contributed by atoms with Crippen LogP contribution in [0.5, 0.6) is 6.01 Å². The molecule has 212 valence electrons. The Morgan fingerprint density at radius 2 is 2.00 bits per heavy atom. The maximum Gasteiger partial charge on any atom is 0.318 e. The molecule has 0 bridgehead atoms. The summed E-state index contributed by atoms with van der Waals surface area (Å²) in [4.78, 5) is 25.4. The normalized spacial score (nSPS) is 24.0. The van der Waals surface area contributed by atoms with Gasteiger partial charge in [0.05, 0.1) is 36.2 Å². The first-order chi connectivity index (χ1) is 19.5. The molecule has 0 radical (unpaired) electrons. The number of nitrogens with one attached hydrogen (secondary N) is 1. The molecule has 3 N–H and O–H groups in total. The summed E-state index contributed by atoms with van der Waals surface area (Å²) in [5.74, 6) is 1.87. The van der Waals surface area contributed by atoms with E-state index in [1.165, 1.54) is 11.8 Å². The minimum Gasteiger partial charge on any atom is -0.461 e. The number of aromatic nitrogens is 5. The summed E-state index contributed by atoms with van der Waals surface area (Å²) in [6.45, 7) is 5.79. The molecule has 3 aliphatic rings. The summed E-state index contributed by atoms with van der Waals surface area (Å²) < 4.78 is 17.2. The first-order valence-electron chi connectivity index (χ1n) is 13.6. The quantitative estimate of drug-likeness (QED) is 0.395. The van der Waals surface area contributed by atoms with Gasteiger partial charge in [-0.3, -0.25) is 0 Å². The van der Waals surface area contributed by atoms with E-state index in [9.17, 15) is 0 Å². The van der Waals surface area contributed by atoms with Gasteiger partial charge in [-0.05, 0) is 44.7 Å². The van der Waals surface area contributed by atoms with Crippen LogP contribution in [0.25, 0.3) is 0 Å². The van der Waals surface area contributed by atoms with Crippen molar-refractivity contribution in [3.8, 4) is 6.01 Å². The highest BCUT2D eigenvalue weighted by atomic mass is 35.5. The third-order valence-electron chi connectivity index (χ3n) is 7.91. The van der Waals surface area contributed by atoms with Crippen molar-refractivity contribution in [2.24, 2.45) is 11.1 Å². The van der Waals surface area contributed by atoms with E-state index in [2.05, 4.69) is 42.1 Å². The molecular weight excluding hydrogens is 552 g/mol. The first-order valence-corrected chi connectivity index (χ1v) is 14.8. The molecule has 0 aromatic carbocycles. The molecule has 3 atom stereocenters. The molecule has 3 aliphatic heterocycles. The highest BCUT2D eigenvalue weighted by molar-refractivity contribution is 7.99. The van der Waals surface area contributed by atoms with Gasteiger partial charge in [-0.1, -0.05) is 23.4 Å². The third kappa shape index (κ3) is 5.96. The lowest BCUT2D eigenvalue weighted by molar-refractivity contribution is 0.0646. The third-order valence-corrected chi connectivity index (χ3v) is 9.39. The minimum absolute atomic E-state index is 0.0772. The molecule has 6 heterocycles. The zero-order chi connectivity index (χ0) is 27.5. The van der Waals surface area contributed by atoms with Gasteiger partial charge in [-0.2, -0.15) is 4.98 Å². The summed E-state index contributed by atoms with van der Waals surface area (Å²) in [5.41, 5.74) is 6.54. The lowest BCUT2D eigenvalue weighted by Gasteiger charge is -2.41. The number of hydrogen-bond acceptors (Lipinski definition) is 12. The Kier molecular flexibility index (Phi) is 8.22. The SMILES string of the molecule is C[C@@H]1OCC2(CCN(c3cnc(Sc4ccnc(Nc5ccnc(OC[C@H]6CCCO6)n5)c4Cl)cn3)CC2)[C@@H]1N. The molecule has 0 aliphatic carbocycles. The van der Waals surface area contributed by atoms with Gasteiger partial charge in [-0.25, -0.2) is 19.9 Å². The number of anilines is 3. The van der Waals surface area contributed by atoms with Crippen molar-refractivity contribution >= 4 is 40.8 Å². The second kappa shape index (κ2) is 12.0. The topological polar surface area (TPSA) is 133 Å². The van der Waals surface area contributed by atoms with Crippen LogP contribution in [0.15, 0.2) is 46.8 Å². The van der Waals surface area contributed by atoms with E-state index < -0.39 is 0 Å². The predicted molar refractivity (Wildman–Crippen MR) is 152 cm³/mol. The van der Waals surface area contributed by atoms with E-state index in [-0.39, 0.29) is 29.7 Å². The zero-order valence-corrected chi connectivity index (χ0v) is 23.9. The Hall–Kier alpha value is -2.77. The summed E-state index contributed by atoms with van der Waals surface area (Å²) in [6, 6.07) is 3.94. The van der Waals surface area contributed by atoms with E-state index in [4.69, 9.17) is 31.5 Å². The maximum absolute atomic E-state index is 6.72. The van der Waals surface area contributed by atoms with Crippen LogP contribution >= 0.6 is 23.4 Å². The number of halogens is 1. The Balaban J connectivity index is 1.06. The Labute approximate surface area is 242 Å². The van der Waals surface area contributed by atoms with Gasteiger partial charge in [-0.15, -0.1) is 0 Å². The predicted octanol–water partition coefficient (Wildman–Crippen LogP) is 4.10. The minimum atomic E-state index is 0.0772. The molecular formula is C27H33ClN8O3S. The van der Waals surface area contributed by atoms with Crippen molar-refractivity contribution in [3.05, 3.63) is 41.9 Å². The zero-order valence-electron chi connectivity index (χ0n) is 22.3. The molecule has 3 saturated heterocycles. The second-order valence-corrected chi connectivity index (χ2v) is 11.9. The number of nitrogens with two attached hydrogens (primary N) is 1. The monoisotopic (exact) mass is 584 g/mol. The Morgan fingerprint density at radius 3 is 2.73 bits per heavy atom. The molecule has 6 rings (SSSR count). The van der Waals surface area contributed by atoms with Crippen LogP contribution in [0.1, 0.15) is 32.6 Å². The van der Waals surface area contributed by atoms with Crippen molar-refractivity contribution in [1.82, 2.24) is 24.9 Å². The van der Waals surface area contributed by atoms with Crippen LogP contribution in [-0.2, 0) is 9.47 Å². The van der Waals surface area contributed by atoms with Gasteiger partial charge < -0.3 is 30.2 Å². The van der Waals surface area contributed by atoms with Crippen molar-refractivity contribution in [2.75, 3.05) is 43.1 Å². The lowest BCUT2D eigenvalue weighted by atomic mass is 9.73. The van der Waals surface area contributed by atoms with Gasteiger partial charge in [0.2, 0.25) is 0 Å².